The standard InChI is InChI=1S/C7H13FO2.Zn/c1-2-3-4-5-6-7(9)10-8;/h2-6H2,1H3;. The molecule has 0 spiro atoms. The maximum Gasteiger partial charge on any atom is 0.348 e. The van der Waals surface area contributed by atoms with E-state index in [0.29, 0.717) is 0 Å². The molecule has 62 valence electrons. The van der Waals surface area contributed by atoms with Crippen LogP contribution in [0.25, 0.3) is 0 Å². The van der Waals surface area contributed by atoms with Crippen molar-refractivity contribution in [1.29, 1.82) is 0 Å². The number of unbranched alkanes of at least 4 members (excludes halogenated alkanes) is 3. The van der Waals surface area contributed by atoms with E-state index in [1.807, 2.05) is 0 Å². The molecule has 0 N–H and O–H groups in total. The SMILES string of the molecule is CCCCCCC(=O)OF.[Zn]. The van der Waals surface area contributed by atoms with Gasteiger partial charge in [-0.1, -0.05) is 26.2 Å². The second-order valence-corrected chi connectivity index (χ2v) is 2.26. The van der Waals surface area contributed by atoms with Crippen LogP contribution >= 0.6 is 0 Å². The molecule has 0 saturated heterocycles. The number of carbonyl (C=O) groups is 1. The molecule has 0 aliphatic carbocycles. The molecule has 0 amide bonds. The zero-order chi connectivity index (χ0) is 7.82. The van der Waals surface area contributed by atoms with Crippen LogP contribution in [-0.2, 0) is 29.2 Å². The molecule has 0 aromatic heterocycles. The molecule has 0 aromatic carbocycles. The molecule has 0 fully saturated rings. The molecule has 0 bridgehead atoms. The van der Waals surface area contributed by atoms with Crippen molar-refractivity contribution in [2.75, 3.05) is 0 Å². The summed E-state index contributed by atoms with van der Waals surface area (Å²) in [6, 6.07) is 0. The van der Waals surface area contributed by atoms with Gasteiger partial charge in [-0.15, -0.1) is 0 Å². The first-order chi connectivity index (χ1) is 4.81. The Kier molecular flexibility index (Phi) is 12.4. The fraction of sp³-hybridized carbons (Fsp3) is 0.857. The van der Waals surface area contributed by atoms with E-state index in [9.17, 15) is 9.32 Å². The Morgan fingerprint density at radius 2 is 2.00 bits per heavy atom. The van der Waals surface area contributed by atoms with Crippen LogP contribution in [0.4, 0.5) is 4.53 Å². The minimum Gasteiger partial charge on any atom is -0.255 e. The number of rotatable bonds is 5. The summed E-state index contributed by atoms with van der Waals surface area (Å²) >= 11 is 0. The number of halogens is 1. The molecule has 0 rings (SSSR count). The summed E-state index contributed by atoms with van der Waals surface area (Å²) in [5.41, 5.74) is 0. The minimum absolute atomic E-state index is 0. The predicted molar refractivity (Wildman–Crippen MR) is 36.0 cm³/mol. The zero-order valence-electron chi connectivity index (χ0n) is 6.94. The maximum atomic E-state index is 11.0. The van der Waals surface area contributed by atoms with E-state index in [-0.39, 0.29) is 25.9 Å². The summed E-state index contributed by atoms with van der Waals surface area (Å²) in [6.07, 6.45) is 4.13. The van der Waals surface area contributed by atoms with E-state index in [1.54, 1.807) is 0 Å². The van der Waals surface area contributed by atoms with Crippen LogP contribution in [0.5, 0.6) is 0 Å². The summed E-state index contributed by atoms with van der Waals surface area (Å²) in [5, 5.41) is 0. The van der Waals surface area contributed by atoms with Crippen LogP contribution in [0.15, 0.2) is 0 Å². The number of hydrogen-bond acceptors (Lipinski definition) is 2. The van der Waals surface area contributed by atoms with Gasteiger partial charge >= 0.3 is 5.97 Å². The van der Waals surface area contributed by atoms with E-state index in [1.165, 1.54) is 0 Å². The quantitative estimate of drug-likeness (QED) is 0.518. The molecule has 4 heteroatoms. The fourth-order valence-electron chi connectivity index (χ4n) is 0.735. The molecular weight excluding hydrogens is 200 g/mol. The molecule has 11 heavy (non-hydrogen) atoms. The topological polar surface area (TPSA) is 26.3 Å². The van der Waals surface area contributed by atoms with Gasteiger partial charge in [-0.05, 0) is 6.42 Å². The fourth-order valence-corrected chi connectivity index (χ4v) is 0.735. The van der Waals surface area contributed by atoms with Crippen LogP contribution in [0, 0.1) is 0 Å². The average Bonchev–Trinajstić information content (AvgIpc) is 1.98. The molecule has 0 heterocycles. The number of hydrogen-bond donors (Lipinski definition) is 0. The van der Waals surface area contributed by atoms with Crippen molar-refractivity contribution in [2.24, 2.45) is 0 Å². The van der Waals surface area contributed by atoms with Crippen molar-refractivity contribution in [3.8, 4) is 0 Å². The third-order valence-electron chi connectivity index (χ3n) is 1.32. The van der Waals surface area contributed by atoms with Crippen molar-refractivity contribution in [3.63, 3.8) is 0 Å². The number of carbonyl (C=O) groups excluding carboxylic acids is 1. The van der Waals surface area contributed by atoms with Gasteiger partial charge in [-0.2, -0.15) is 0 Å². The second kappa shape index (κ2) is 10.0. The monoisotopic (exact) mass is 212 g/mol. The van der Waals surface area contributed by atoms with Crippen LogP contribution in [-0.4, -0.2) is 5.97 Å². The predicted octanol–water partition coefficient (Wildman–Crippen LogP) is 2.38. The minimum atomic E-state index is -0.754. The normalized spacial score (nSPS) is 8.55. The van der Waals surface area contributed by atoms with Crippen molar-refractivity contribution in [2.45, 2.75) is 39.0 Å². The van der Waals surface area contributed by atoms with Gasteiger partial charge < -0.3 is 0 Å². The zero-order valence-corrected chi connectivity index (χ0v) is 9.90. The molecule has 0 unspecified atom stereocenters. The summed E-state index contributed by atoms with van der Waals surface area (Å²) in [7, 11) is 0. The van der Waals surface area contributed by atoms with E-state index >= 15 is 0 Å². The van der Waals surface area contributed by atoms with Crippen LogP contribution < -0.4 is 0 Å². The first kappa shape index (κ1) is 13.6. The molecule has 0 atom stereocenters. The Balaban J connectivity index is 0. The Labute approximate surface area is 79.2 Å². The van der Waals surface area contributed by atoms with Crippen molar-refractivity contribution in [3.05, 3.63) is 0 Å². The van der Waals surface area contributed by atoms with Crippen LogP contribution in [0.2, 0.25) is 0 Å². The van der Waals surface area contributed by atoms with Gasteiger partial charge in [0.1, 0.15) is 0 Å². The van der Waals surface area contributed by atoms with Gasteiger partial charge in [-0.3, -0.25) is 4.94 Å². The Bertz CT molecular complexity index is 98.4. The summed E-state index contributed by atoms with van der Waals surface area (Å²) in [5.74, 6) is -0.754. The Morgan fingerprint density at radius 1 is 1.36 bits per heavy atom. The van der Waals surface area contributed by atoms with Gasteiger partial charge in [0.25, 0.3) is 0 Å². The van der Waals surface area contributed by atoms with Crippen molar-refractivity contribution >= 4 is 5.97 Å². The molecule has 0 aliphatic heterocycles. The van der Waals surface area contributed by atoms with Gasteiger partial charge in [0.2, 0.25) is 0 Å². The summed E-state index contributed by atoms with van der Waals surface area (Å²) in [6.45, 7) is 2.08. The van der Waals surface area contributed by atoms with Crippen molar-refractivity contribution in [1.82, 2.24) is 0 Å². The van der Waals surface area contributed by atoms with Gasteiger partial charge in [0.15, 0.2) is 0 Å². The van der Waals surface area contributed by atoms with E-state index in [0.717, 1.165) is 25.7 Å². The van der Waals surface area contributed by atoms with Crippen LogP contribution in [0.1, 0.15) is 39.0 Å². The Morgan fingerprint density at radius 3 is 2.45 bits per heavy atom. The van der Waals surface area contributed by atoms with Gasteiger partial charge in [0, 0.05) is 30.4 Å². The van der Waals surface area contributed by atoms with Gasteiger partial charge in [0.05, 0.1) is 0 Å². The van der Waals surface area contributed by atoms with E-state index < -0.39 is 5.97 Å². The van der Waals surface area contributed by atoms with E-state index in [4.69, 9.17) is 0 Å². The molecule has 0 aliphatic rings. The second-order valence-electron chi connectivity index (χ2n) is 2.26. The molecule has 0 aromatic rings. The molecule has 2 nitrogen and oxygen atoms in total. The molecular formula is C7H13FO2Zn. The van der Waals surface area contributed by atoms with Crippen LogP contribution in [0.3, 0.4) is 0 Å². The third-order valence-corrected chi connectivity index (χ3v) is 1.32. The maximum absolute atomic E-state index is 11.0. The summed E-state index contributed by atoms with van der Waals surface area (Å²) in [4.78, 5) is 13.2. The largest absolute Gasteiger partial charge is 0.348 e. The van der Waals surface area contributed by atoms with E-state index in [2.05, 4.69) is 11.9 Å². The van der Waals surface area contributed by atoms with Crippen molar-refractivity contribution < 1.29 is 33.7 Å². The Hall–Kier alpha value is 0.0234. The molecule has 0 saturated carbocycles. The first-order valence-electron chi connectivity index (χ1n) is 3.62. The molecule has 0 radical (unpaired) electrons. The summed E-state index contributed by atoms with van der Waals surface area (Å²) < 4.78 is 11.0. The van der Waals surface area contributed by atoms with Gasteiger partial charge in [-0.25, -0.2) is 4.79 Å². The average molecular weight is 214 g/mol. The third kappa shape index (κ3) is 10.0. The first-order valence-corrected chi connectivity index (χ1v) is 3.62. The smallest absolute Gasteiger partial charge is 0.255 e.